The standard InChI is InChI=1S/C20H33N3O2/c1-4-20(24)22-17-13-16(21)19(25-3)14-18(17)23-11-8-6-5-7-9-15(2)10-12-23/h4,13-16,19H,1,5-12,21H2,2-3H3,(H,22,24). The van der Waals surface area contributed by atoms with Gasteiger partial charge in [0.15, 0.2) is 0 Å². The van der Waals surface area contributed by atoms with E-state index in [0.29, 0.717) is 0 Å². The first-order valence-corrected chi connectivity index (χ1v) is 9.46. The summed E-state index contributed by atoms with van der Waals surface area (Å²) in [4.78, 5) is 14.2. The number of carbonyl (C=O) groups is 1. The van der Waals surface area contributed by atoms with E-state index < -0.39 is 0 Å². The van der Waals surface area contributed by atoms with Gasteiger partial charge in [0.1, 0.15) is 0 Å². The summed E-state index contributed by atoms with van der Waals surface area (Å²) >= 11 is 0. The van der Waals surface area contributed by atoms with E-state index in [0.717, 1.165) is 43.2 Å². The van der Waals surface area contributed by atoms with Crippen LogP contribution in [0.3, 0.4) is 0 Å². The summed E-state index contributed by atoms with van der Waals surface area (Å²) < 4.78 is 5.52. The van der Waals surface area contributed by atoms with Crippen LogP contribution in [0.2, 0.25) is 0 Å². The summed E-state index contributed by atoms with van der Waals surface area (Å²) in [6.07, 6.45) is 12.6. The number of hydrogen-bond acceptors (Lipinski definition) is 4. The molecule has 5 heteroatoms. The van der Waals surface area contributed by atoms with Crippen molar-refractivity contribution in [3.63, 3.8) is 0 Å². The third-order valence-electron chi connectivity index (χ3n) is 5.16. The van der Waals surface area contributed by atoms with Gasteiger partial charge in [-0.25, -0.2) is 0 Å². The van der Waals surface area contributed by atoms with Crippen molar-refractivity contribution in [2.75, 3.05) is 20.2 Å². The minimum absolute atomic E-state index is 0.174. The predicted molar refractivity (Wildman–Crippen MR) is 102 cm³/mol. The maximum atomic E-state index is 11.9. The van der Waals surface area contributed by atoms with Crippen LogP contribution in [0.5, 0.6) is 0 Å². The summed E-state index contributed by atoms with van der Waals surface area (Å²) in [7, 11) is 1.67. The van der Waals surface area contributed by atoms with Gasteiger partial charge in [-0.1, -0.05) is 39.2 Å². The van der Waals surface area contributed by atoms with Crippen LogP contribution in [0, 0.1) is 5.92 Å². The van der Waals surface area contributed by atoms with E-state index >= 15 is 0 Å². The molecule has 1 amide bonds. The van der Waals surface area contributed by atoms with E-state index in [9.17, 15) is 4.79 Å². The number of methoxy groups -OCH3 is 1. The quantitative estimate of drug-likeness (QED) is 0.767. The fraction of sp³-hybridized carbons (Fsp3) is 0.650. The second kappa shape index (κ2) is 9.78. The van der Waals surface area contributed by atoms with E-state index in [1.165, 1.54) is 31.8 Å². The highest BCUT2D eigenvalue weighted by atomic mass is 16.5. The Balaban J connectivity index is 2.22. The molecule has 0 saturated carbocycles. The van der Waals surface area contributed by atoms with Crippen molar-refractivity contribution in [2.45, 2.75) is 57.6 Å². The van der Waals surface area contributed by atoms with E-state index in [2.05, 4.69) is 29.8 Å². The third kappa shape index (κ3) is 5.72. The number of nitrogens with zero attached hydrogens (tertiary/aromatic N) is 1. The van der Waals surface area contributed by atoms with Crippen LogP contribution in [0.1, 0.15) is 45.4 Å². The maximum Gasteiger partial charge on any atom is 0.247 e. The Morgan fingerprint density at radius 2 is 2.04 bits per heavy atom. The Morgan fingerprint density at radius 1 is 1.28 bits per heavy atom. The molecule has 1 heterocycles. The van der Waals surface area contributed by atoms with Crippen molar-refractivity contribution >= 4 is 5.91 Å². The molecule has 0 spiro atoms. The molecule has 2 rings (SSSR count). The van der Waals surface area contributed by atoms with Crippen LogP contribution < -0.4 is 11.1 Å². The Labute approximate surface area is 152 Å². The predicted octanol–water partition coefficient (Wildman–Crippen LogP) is 2.70. The van der Waals surface area contributed by atoms with Gasteiger partial charge < -0.3 is 20.7 Å². The first kappa shape index (κ1) is 19.7. The Kier molecular flexibility index (Phi) is 7.72. The Bertz CT molecular complexity index is 527. The van der Waals surface area contributed by atoms with Crippen LogP contribution in [0.4, 0.5) is 0 Å². The first-order chi connectivity index (χ1) is 12.0. The summed E-state index contributed by atoms with van der Waals surface area (Å²) in [5.41, 5.74) is 7.97. The molecule has 25 heavy (non-hydrogen) atoms. The molecule has 3 atom stereocenters. The minimum Gasteiger partial charge on any atom is -0.375 e. The average Bonchev–Trinajstić information content (AvgIpc) is 2.61. The highest BCUT2D eigenvalue weighted by Gasteiger charge is 2.26. The van der Waals surface area contributed by atoms with Crippen LogP contribution in [0.15, 0.2) is 36.2 Å². The van der Waals surface area contributed by atoms with Crippen molar-refractivity contribution in [3.05, 3.63) is 36.2 Å². The van der Waals surface area contributed by atoms with Gasteiger partial charge in [-0.05, 0) is 37.0 Å². The number of hydrogen-bond donors (Lipinski definition) is 2. The van der Waals surface area contributed by atoms with Gasteiger partial charge in [-0.2, -0.15) is 0 Å². The van der Waals surface area contributed by atoms with Crippen molar-refractivity contribution in [3.8, 4) is 0 Å². The normalized spacial score (nSPS) is 28.6. The second-order valence-corrected chi connectivity index (χ2v) is 7.19. The number of carbonyl (C=O) groups excluding carboxylic acids is 1. The van der Waals surface area contributed by atoms with E-state index in [4.69, 9.17) is 10.5 Å². The highest BCUT2D eigenvalue weighted by Crippen LogP contribution is 2.25. The number of amides is 1. The van der Waals surface area contributed by atoms with Gasteiger partial charge >= 0.3 is 0 Å². The molecule has 2 aliphatic rings. The zero-order valence-electron chi connectivity index (χ0n) is 15.7. The zero-order valence-corrected chi connectivity index (χ0v) is 15.7. The van der Waals surface area contributed by atoms with Crippen LogP contribution >= 0.6 is 0 Å². The van der Waals surface area contributed by atoms with Gasteiger partial charge in [0.2, 0.25) is 5.91 Å². The van der Waals surface area contributed by atoms with Crippen molar-refractivity contribution in [1.29, 1.82) is 0 Å². The molecule has 1 aliphatic carbocycles. The lowest BCUT2D eigenvalue weighted by atomic mass is 9.96. The molecule has 1 fully saturated rings. The molecule has 3 unspecified atom stereocenters. The van der Waals surface area contributed by atoms with Gasteiger partial charge in [0.25, 0.3) is 0 Å². The Hall–Kier alpha value is -1.59. The highest BCUT2D eigenvalue weighted by molar-refractivity contribution is 5.88. The largest absolute Gasteiger partial charge is 0.375 e. The molecule has 0 aromatic heterocycles. The molecule has 140 valence electrons. The molecule has 0 radical (unpaired) electrons. The van der Waals surface area contributed by atoms with Crippen LogP contribution in [-0.4, -0.2) is 43.2 Å². The lowest BCUT2D eigenvalue weighted by molar-refractivity contribution is -0.115. The maximum absolute atomic E-state index is 11.9. The topological polar surface area (TPSA) is 67.6 Å². The lowest BCUT2D eigenvalue weighted by Crippen LogP contribution is -2.42. The van der Waals surface area contributed by atoms with Gasteiger partial charge in [-0.15, -0.1) is 0 Å². The Morgan fingerprint density at radius 3 is 2.76 bits per heavy atom. The van der Waals surface area contributed by atoms with Crippen molar-refractivity contribution in [2.24, 2.45) is 11.7 Å². The zero-order chi connectivity index (χ0) is 18.2. The summed E-state index contributed by atoms with van der Waals surface area (Å²) in [5, 5.41) is 2.92. The summed E-state index contributed by atoms with van der Waals surface area (Å²) in [6, 6.07) is -0.270. The SMILES string of the molecule is C=CC(=O)NC1=CC(N)C(OC)C=C1N1CCCCCCC(C)CC1. The number of nitrogens with one attached hydrogen (secondary N) is 1. The van der Waals surface area contributed by atoms with Gasteiger partial charge in [0, 0.05) is 20.2 Å². The van der Waals surface area contributed by atoms with Crippen LogP contribution in [-0.2, 0) is 9.53 Å². The minimum atomic E-state index is -0.270. The summed E-state index contributed by atoms with van der Waals surface area (Å²) in [6.45, 7) is 7.86. The molecule has 3 N–H and O–H groups in total. The van der Waals surface area contributed by atoms with Crippen LogP contribution in [0.25, 0.3) is 0 Å². The number of rotatable bonds is 4. The van der Waals surface area contributed by atoms with Crippen molar-refractivity contribution in [1.82, 2.24) is 10.2 Å². The van der Waals surface area contributed by atoms with Gasteiger partial charge in [-0.3, -0.25) is 4.79 Å². The van der Waals surface area contributed by atoms with E-state index in [1.807, 2.05) is 6.08 Å². The molecular formula is C20H33N3O2. The molecule has 1 aliphatic heterocycles. The molecule has 0 bridgehead atoms. The smallest absolute Gasteiger partial charge is 0.247 e. The first-order valence-electron chi connectivity index (χ1n) is 9.46. The fourth-order valence-electron chi connectivity index (χ4n) is 3.54. The van der Waals surface area contributed by atoms with E-state index in [1.54, 1.807) is 7.11 Å². The molecule has 5 nitrogen and oxygen atoms in total. The van der Waals surface area contributed by atoms with Gasteiger partial charge in [0.05, 0.1) is 23.5 Å². The number of ether oxygens (including phenoxy) is 1. The molecule has 0 aromatic rings. The molecule has 1 saturated heterocycles. The lowest BCUT2D eigenvalue weighted by Gasteiger charge is -2.35. The number of nitrogens with two attached hydrogens (primary N) is 1. The monoisotopic (exact) mass is 347 g/mol. The van der Waals surface area contributed by atoms with E-state index in [-0.39, 0.29) is 18.1 Å². The molecular weight excluding hydrogens is 314 g/mol. The fourth-order valence-corrected chi connectivity index (χ4v) is 3.54. The molecule has 0 aromatic carbocycles. The second-order valence-electron chi connectivity index (χ2n) is 7.19. The average molecular weight is 348 g/mol. The third-order valence-corrected chi connectivity index (χ3v) is 5.16. The summed E-state index contributed by atoms with van der Waals surface area (Å²) in [5.74, 6) is 0.509. The van der Waals surface area contributed by atoms with Crippen molar-refractivity contribution < 1.29 is 9.53 Å².